The summed E-state index contributed by atoms with van der Waals surface area (Å²) in [6.45, 7) is 7.04. The molecule has 2 aromatic heterocycles. The van der Waals surface area contributed by atoms with Gasteiger partial charge >= 0.3 is 0 Å². The minimum absolute atomic E-state index is 0.0309. The molecule has 8 heteroatoms. The van der Waals surface area contributed by atoms with Gasteiger partial charge in [-0.1, -0.05) is 12.1 Å². The highest BCUT2D eigenvalue weighted by molar-refractivity contribution is 7.91. The number of piperazine rings is 1. The zero-order valence-electron chi connectivity index (χ0n) is 16.5. The molecule has 3 aromatic rings. The summed E-state index contributed by atoms with van der Waals surface area (Å²) >= 11 is 0. The number of nitrogens with zero attached hydrogens (tertiary/aromatic N) is 5. The lowest BCUT2D eigenvalue weighted by atomic mass is 10.1. The highest BCUT2D eigenvalue weighted by Crippen LogP contribution is 2.23. The van der Waals surface area contributed by atoms with Crippen molar-refractivity contribution in [3.05, 3.63) is 65.9 Å². The smallest absolute Gasteiger partial charge is 0.225 e. The Hall–Kier alpha value is -3.00. The van der Waals surface area contributed by atoms with Gasteiger partial charge in [0.2, 0.25) is 9.84 Å². The van der Waals surface area contributed by atoms with Crippen LogP contribution < -0.4 is 9.80 Å². The van der Waals surface area contributed by atoms with Gasteiger partial charge in [-0.25, -0.2) is 13.4 Å². The number of hydrogen-bond donors (Lipinski definition) is 0. The van der Waals surface area contributed by atoms with E-state index in [0.717, 1.165) is 43.1 Å². The van der Waals surface area contributed by atoms with Crippen LogP contribution in [0, 0.1) is 13.8 Å². The molecule has 1 fully saturated rings. The van der Waals surface area contributed by atoms with E-state index in [4.69, 9.17) is 0 Å². The van der Waals surface area contributed by atoms with Gasteiger partial charge in [0.1, 0.15) is 5.82 Å². The molecule has 1 saturated heterocycles. The third-order valence-corrected chi connectivity index (χ3v) is 6.91. The van der Waals surface area contributed by atoms with E-state index < -0.39 is 9.84 Å². The number of benzene rings is 1. The molecule has 1 aliphatic heterocycles. The minimum atomic E-state index is -3.68. The van der Waals surface area contributed by atoms with Crippen molar-refractivity contribution in [1.82, 2.24) is 15.2 Å². The molecule has 7 nitrogen and oxygen atoms in total. The number of sulfone groups is 1. The maximum Gasteiger partial charge on any atom is 0.225 e. The standard InChI is InChI=1S/C21H23N5O2S/c1-16-6-7-18(15-17(16)2)29(27,28)21-9-8-20(23-24-21)26-13-11-25(12-14-26)19-5-3-4-10-22-19/h3-10,15H,11-14H2,1-2H3. The number of anilines is 2. The molecule has 0 radical (unpaired) electrons. The van der Waals surface area contributed by atoms with Gasteiger partial charge in [-0.2, -0.15) is 0 Å². The highest BCUT2D eigenvalue weighted by atomic mass is 32.2. The third kappa shape index (κ3) is 3.93. The molecule has 0 atom stereocenters. The van der Waals surface area contributed by atoms with Crippen LogP contribution >= 0.6 is 0 Å². The van der Waals surface area contributed by atoms with E-state index in [1.54, 1.807) is 24.4 Å². The minimum Gasteiger partial charge on any atom is -0.353 e. The van der Waals surface area contributed by atoms with Crippen LogP contribution in [0.3, 0.4) is 0 Å². The lowest BCUT2D eigenvalue weighted by Gasteiger charge is -2.35. The fourth-order valence-electron chi connectivity index (χ4n) is 3.33. The van der Waals surface area contributed by atoms with Crippen LogP contribution in [0.1, 0.15) is 11.1 Å². The quantitative estimate of drug-likeness (QED) is 0.655. The summed E-state index contributed by atoms with van der Waals surface area (Å²) in [7, 11) is -3.68. The van der Waals surface area contributed by atoms with E-state index in [1.165, 1.54) is 6.07 Å². The molecule has 0 N–H and O–H groups in total. The van der Waals surface area contributed by atoms with Crippen LogP contribution in [0.15, 0.2) is 64.6 Å². The summed E-state index contributed by atoms with van der Waals surface area (Å²) in [5.74, 6) is 1.65. The van der Waals surface area contributed by atoms with Gasteiger partial charge in [0.25, 0.3) is 0 Å². The first kappa shape index (κ1) is 19.3. The number of aromatic nitrogens is 3. The molecule has 0 saturated carbocycles. The second-order valence-electron chi connectivity index (χ2n) is 7.14. The summed E-state index contributed by atoms with van der Waals surface area (Å²) in [6, 6.07) is 14.3. The Morgan fingerprint density at radius 2 is 1.52 bits per heavy atom. The highest BCUT2D eigenvalue weighted by Gasteiger charge is 2.23. The van der Waals surface area contributed by atoms with Crippen molar-refractivity contribution >= 4 is 21.5 Å². The first-order valence-corrected chi connectivity index (χ1v) is 11.0. The van der Waals surface area contributed by atoms with Crippen molar-refractivity contribution in [2.75, 3.05) is 36.0 Å². The van der Waals surface area contributed by atoms with Gasteiger partial charge in [-0.05, 0) is 61.4 Å². The van der Waals surface area contributed by atoms with Gasteiger partial charge in [-0.15, -0.1) is 10.2 Å². The van der Waals surface area contributed by atoms with Crippen LogP contribution in [0.25, 0.3) is 0 Å². The van der Waals surface area contributed by atoms with Gasteiger partial charge in [-0.3, -0.25) is 0 Å². The van der Waals surface area contributed by atoms with Crippen molar-refractivity contribution < 1.29 is 8.42 Å². The number of aryl methyl sites for hydroxylation is 2. The molecule has 150 valence electrons. The Labute approximate surface area is 171 Å². The topological polar surface area (TPSA) is 79.3 Å². The van der Waals surface area contributed by atoms with Gasteiger partial charge < -0.3 is 9.80 Å². The molecular formula is C21H23N5O2S. The second kappa shape index (κ2) is 7.79. The molecular weight excluding hydrogens is 386 g/mol. The zero-order valence-corrected chi connectivity index (χ0v) is 17.3. The lowest BCUT2D eigenvalue weighted by Crippen LogP contribution is -2.47. The molecule has 29 heavy (non-hydrogen) atoms. The maximum atomic E-state index is 12.9. The third-order valence-electron chi connectivity index (χ3n) is 5.27. The number of hydrogen-bond acceptors (Lipinski definition) is 7. The molecule has 3 heterocycles. The second-order valence-corrected chi connectivity index (χ2v) is 9.04. The predicted octanol–water partition coefficient (Wildman–Crippen LogP) is 2.65. The number of pyridine rings is 1. The predicted molar refractivity (Wildman–Crippen MR) is 112 cm³/mol. The molecule has 4 rings (SSSR count). The van der Waals surface area contributed by atoms with Crippen LogP contribution in [-0.2, 0) is 9.84 Å². The van der Waals surface area contributed by atoms with Crippen LogP contribution in [-0.4, -0.2) is 49.8 Å². The summed E-state index contributed by atoms with van der Waals surface area (Å²) in [5, 5.41) is 8.19. The van der Waals surface area contributed by atoms with Gasteiger partial charge in [0.05, 0.1) is 4.90 Å². The van der Waals surface area contributed by atoms with Crippen molar-refractivity contribution in [3.63, 3.8) is 0 Å². The fourth-order valence-corrected chi connectivity index (χ4v) is 4.55. The van der Waals surface area contributed by atoms with Crippen LogP contribution in [0.4, 0.5) is 11.6 Å². The Bertz CT molecular complexity index is 1090. The largest absolute Gasteiger partial charge is 0.353 e. The lowest BCUT2D eigenvalue weighted by molar-refractivity contribution is 0.588. The Balaban J connectivity index is 1.47. The number of rotatable bonds is 4. The van der Waals surface area contributed by atoms with E-state index in [-0.39, 0.29) is 9.92 Å². The van der Waals surface area contributed by atoms with Gasteiger partial charge in [0.15, 0.2) is 10.8 Å². The van der Waals surface area contributed by atoms with E-state index in [2.05, 4.69) is 25.0 Å². The summed E-state index contributed by atoms with van der Waals surface area (Å²) in [6.07, 6.45) is 1.79. The summed E-state index contributed by atoms with van der Waals surface area (Å²) < 4.78 is 25.7. The van der Waals surface area contributed by atoms with Gasteiger partial charge in [0, 0.05) is 32.4 Å². The molecule has 0 aliphatic carbocycles. The summed E-state index contributed by atoms with van der Waals surface area (Å²) in [4.78, 5) is 8.97. The van der Waals surface area contributed by atoms with Crippen molar-refractivity contribution in [1.29, 1.82) is 0 Å². The average molecular weight is 410 g/mol. The van der Waals surface area contributed by atoms with Crippen molar-refractivity contribution in [3.8, 4) is 0 Å². The Morgan fingerprint density at radius 1 is 0.793 bits per heavy atom. The first-order chi connectivity index (χ1) is 13.9. The maximum absolute atomic E-state index is 12.9. The van der Waals surface area contributed by atoms with E-state index in [9.17, 15) is 8.42 Å². The molecule has 0 spiro atoms. The monoisotopic (exact) mass is 409 g/mol. The Kier molecular flexibility index (Phi) is 5.19. The Morgan fingerprint density at radius 3 is 2.10 bits per heavy atom. The van der Waals surface area contributed by atoms with Crippen molar-refractivity contribution in [2.24, 2.45) is 0 Å². The SMILES string of the molecule is Cc1ccc(S(=O)(=O)c2ccc(N3CCN(c4ccccn4)CC3)nn2)cc1C. The van der Waals surface area contributed by atoms with E-state index in [1.807, 2.05) is 38.1 Å². The van der Waals surface area contributed by atoms with Crippen LogP contribution in [0.2, 0.25) is 0 Å². The normalized spacial score (nSPS) is 14.8. The first-order valence-electron chi connectivity index (χ1n) is 9.52. The fraction of sp³-hybridized carbons (Fsp3) is 0.286. The molecule has 1 aliphatic rings. The average Bonchev–Trinajstić information content (AvgIpc) is 2.76. The molecule has 1 aromatic carbocycles. The van der Waals surface area contributed by atoms with E-state index >= 15 is 0 Å². The van der Waals surface area contributed by atoms with Crippen LogP contribution in [0.5, 0.6) is 0 Å². The molecule has 0 amide bonds. The summed E-state index contributed by atoms with van der Waals surface area (Å²) in [5.41, 5.74) is 1.98. The van der Waals surface area contributed by atoms with E-state index in [0.29, 0.717) is 5.82 Å². The molecule has 0 bridgehead atoms. The van der Waals surface area contributed by atoms with Crippen molar-refractivity contribution in [2.45, 2.75) is 23.8 Å². The zero-order chi connectivity index (χ0) is 20.4. The molecule has 0 unspecified atom stereocenters.